The smallest absolute Gasteiger partial charge is 0.265 e. The summed E-state index contributed by atoms with van der Waals surface area (Å²) >= 11 is 0.996. The summed E-state index contributed by atoms with van der Waals surface area (Å²) in [6.07, 6.45) is 1.62. The van der Waals surface area contributed by atoms with Crippen LogP contribution in [0.1, 0.15) is 42.0 Å². The van der Waals surface area contributed by atoms with Crippen molar-refractivity contribution in [3.63, 3.8) is 0 Å². The molecule has 0 spiro atoms. The van der Waals surface area contributed by atoms with Gasteiger partial charge in [-0.25, -0.2) is 4.39 Å². The van der Waals surface area contributed by atoms with Crippen LogP contribution in [-0.4, -0.2) is 21.2 Å². The van der Waals surface area contributed by atoms with E-state index in [1.165, 1.54) is 12.1 Å². The fourth-order valence-corrected chi connectivity index (χ4v) is 3.35. The molecule has 1 aromatic carbocycles. The lowest BCUT2D eigenvalue weighted by Gasteiger charge is -2.15. The van der Waals surface area contributed by atoms with E-state index in [0.717, 1.165) is 17.1 Å². The highest BCUT2D eigenvalue weighted by Gasteiger charge is 2.25. The molecule has 150 valence electrons. The topological polar surface area (TPSA) is 84.0 Å². The molecular formula is C21H21FN4O2S. The molecule has 6 nitrogen and oxygen atoms in total. The fourth-order valence-electron chi connectivity index (χ4n) is 2.60. The molecule has 29 heavy (non-hydrogen) atoms. The zero-order valence-corrected chi connectivity index (χ0v) is 17.1. The lowest BCUT2D eigenvalue weighted by Crippen LogP contribution is -2.27. The number of hydrogen-bond acceptors (Lipinski definition) is 5. The summed E-state index contributed by atoms with van der Waals surface area (Å²) in [6, 6.07) is 10.9. The van der Waals surface area contributed by atoms with Gasteiger partial charge in [0.05, 0.1) is 17.4 Å². The third-order valence-corrected chi connectivity index (χ3v) is 5.14. The molecule has 2 amide bonds. The van der Waals surface area contributed by atoms with Crippen molar-refractivity contribution < 1.29 is 14.0 Å². The van der Waals surface area contributed by atoms with Gasteiger partial charge in [0.15, 0.2) is 0 Å². The van der Waals surface area contributed by atoms with Crippen LogP contribution in [0.5, 0.6) is 0 Å². The Kier molecular flexibility index (Phi) is 6.33. The maximum atomic E-state index is 13.1. The predicted molar refractivity (Wildman–Crippen MR) is 111 cm³/mol. The molecule has 2 N–H and O–H groups in total. The van der Waals surface area contributed by atoms with Crippen molar-refractivity contribution in [2.45, 2.75) is 26.8 Å². The Hall–Kier alpha value is -3.13. The third kappa shape index (κ3) is 4.83. The summed E-state index contributed by atoms with van der Waals surface area (Å²) in [5.74, 6) is -1.20. The van der Waals surface area contributed by atoms with E-state index in [-0.39, 0.29) is 34.5 Å². The predicted octanol–water partition coefficient (Wildman–Crippen LogP) is 4.43. The second-order valence-electron chi connectivity index (χ2n) is 6.84. The van der Waals surface area contributed by atoms with Crippen molar-refractivity contribution in [2.75, 3.05) is 5.32 Å². The van der Waals surface area contributed by atoms with Crippen LogP contribution in [0.3, 0.4) is 0 Å². The first-order chi connectivity index (χ1) is 13.9. The average Bonchev–Trinajstić information content (AvgIpc) is 3.12. The number of pyridine rings is 1. The molecule has 2 aromatic heterocycles. The normalized spacial score (nSPS) is 11.9. The van der Waals surface area contributed by atoms with Gasteiger partial charge in [0.2, 0.25) is 5.91 Å². The number of anilines is 1. The van der Waals surface area contributed by atoms with Gasteiger partial charge in [-0.15, -0.1) is 0 Å². The van der Waals surface area contributed by atoms with Crippen molar-refractivity contribution in [2.24, 2.45) is 5.92 Å². The average molecular weight is 412 g/mol. The van der Waals surface area contributed by atoms with Crippen molar-refractivity contribution in [3.8, 4) is 11.4 Å². The Balaban J connectivity index is 1.91. The van der Waals surface area contributed by atoms with E-state index in [4.69, 9.17) is 0 Å². The number of benzene rings is 1. The lowest BCUT2D eigenvalue weighted by atomic mass is 10.1. The Morgan fingerprint density at radius 1 is 1.07 bits per heavy atom. The quantitative estimate of drug-likeness (QED) is 0.627. The summed E-state index contributed by atoms with van der Waals surface area (Å²) in [6.45, 7) is 5.34. The second kappa shape index (κ2) is 8.91. The van der Waals surface area contributed by atoms with Crippen molar-refractivity contribution in [3.05, 3.63) is 64.9 Å². The molecule has 0 saturated carbocycles. The molecule has 0 aliphatic carbocycles. The minimum Gasteiger partial charge on any atom is -0.345 e. The number of carbonyl (C=O) groups excluding carboxylic acids is 2. The van der Waals surface area contributed by atoms with Crippen LogP contribution < -0.4 is 10.6 Å². The zero-order chi connectivity index (χ0) is 21.0. The standard InChI is InChI=1S/C21H21FN4O2S/c1-12(2)20(27)25-18-17(16-6-4-5-11-23-16)26-29-19(18)21(28)24-13(3)14-7-9-15(22)10-8-14/h4-13H,1-3H3,(H,24,28)(H,25,27). The first kappa shape index (κ1) is 20.6. The Bertz CT molecular complexity index is 1000. The lowest BCUT2D eigenvalue weighted by molar-refractivity contribution is -0.118. The molecular weight excluding hydrogens is 391 g/mol. The first-order valence-electron chi connectivity index (χ1n) is 9.15. The molecule has 0 bridgehead atoms. The molecule has 3 aromatic rings. The SMILES string of the molecule is CC(C)C(=O)Nc1c(-c2ccccn2)nsc1C(=O)NC(C)c1ccc(F)cc1. The van der Waals surface area contributed by atoms with Crippen molar-refractivity contribution in [1.82, 2.24) is 14.7 Å². The molecule has 0 fully saturated rings. The summed E-state index contributed by atoms with van der Waals surface area (Å²) in [5.41, 5.74) is 2.12. The molecule has 2 heterocycles. The van der Waals surface area contributed by atoms with Gasteiger partial charge in [-0.3, -0.25) is 14.6 Å². The minimum atomic E-state index is -0.374. The highest BCUT2D eigenvalue weighted by Crippen LogP contribution is 2.33. The van der Waals surface area contributed by atoms with E-state index >= 15 is 0 Å². The summed E-state index contributed by atoms with van der Waals surface area (Å²) in [7, 11) is 0. The van der Waals surface area contributed by atoms with Crippen LogP contribution in [0.2, 0.25) is 0 Å². The molecule has 1 atom stereocenters. The van der Waals surface area contributed by atoms with Crippen LogP contribution in [0.15, 0.2) is 48.7 Å². The van der Waals surface area contributed by atoms with Gasteiger partial charge < -0.3 is 10.6 Å². The largest absolute Gasteiger partial charge is 0.345 e. The maximum absolute atomic E-state index is 13.1. The van der Waals surface area contributed by atoms with Crippen LogP contribution in [0, 0.1) is 11.7 Å². The second-order valence-corrected chi connectivity index (χ2v) is 7.61. The monoisotopic (exact) mass is 412 g/mol. The number of amides is 2. The van der Waals surface area contributed by atoms with Gasteiger partial charge in [0.25, 0.3) is 5.91 Å². The minimum absolute atomic E-state index is 0.219. The number of carbonyl (C=O) groups is 2. The molecule has 0 saturated heterocycles. The van der Waals surface area contributed by atoms with Crippen LogP contribution in [0.4, 0.5) is 10.1 Å². The Morgan fingerprint density at radius 2 is 1.79 bits per heavy atom. The Morgan fingerprint density at radius 3 is 2.41 bits per heavy atom. The van der Waals surface area contributed by atoms with Gasteiger partial charge in [-0.1, -0.05) is 32.0 Å². The number of halogens is 1. The number of aromatic nitrogens is 2. The van der Waals surface area contributed by atoms with Gasteiger partial charge in [0.1, 0.15) is 16.4 Å². The van der Waals surface area contributed by atoms with Crippen LogP contribution in [-0.2, 0) is 4.79 Å². The van der Waals surface area contributed by atoms with E-state index < -0.39 is 0 Å². The highest BCUT2D eigenvalue weighted by atomic mass is 32.1. The molecule has 1 unspecified atom stereocenters. The number of hydrogen-bond donors (Lipinski definition) is 2. The van der Waals surface area contributed by atoms with Crippen LogP contribution in [0.25, 0.3) is 11.4 Å². The number of rotatable bonds is 6. The molecule has 0 aliphatic heterocycles. The van der Waals surface area contributed by atoms with Gasteiger partial charge in [0, 0.05) is 12.1 Å². The van der Waals surface area contributed by atoms with E-state index in [0.29, 0.717) is 17.1 Å². The van der Waals surface area contributed by atoms with Crippen molar-refractivity contribution >= 4 is 29.0 Å². The van der Waals surface area contributed by atoms with Gasteiger partial charge in [-0.2, -0.15) is 4.37 Å². The highest BCUT2D eigenvalue weighted by molar-refractivity contribution is 7.09. The fraction of sp³-hybridized carbons (Fsp3) is 0.238. The maximum Gasteiger partial charge on any atom is 0.265 e. The van der Waals surface area contributed by atoms with Crippen molar-refractivity contribution in [1.29, 1.82) is 0 Å². The molecule has 3 rings (SSSR count). The van der Waals surface area contributed by atoms with Crippen LogP contribution >= 0.6 is 11.5 Å². The molecule has 8 heteroatoms. The third-order valence-electron chi connectivity index (χ3n) is 4.30. The van der Waals surface area contributed by atoms with E-state index in [1.807, 2.05) is 6.07 Å². The number of nitrogens with zero attached hydrogens (tertiary/aromatic N) is 2. The first-order valence-corrected chi connectivity index (χ1v) is 9.92. The molecule has 0 radical (unpaired) electrons. The van der Waals surface area contributed by atoms with Gasteiger partial charge in [-0.05, 0) is 48.3 Å². The van der Waals surface area contributed by atoms with Gasteiger partial charge >= 0.3 is 0 Å². The number of nitrogens with one attached hydrogen (secondary N) is 2. The zero-order valence-electron chi connectivity index (χ0n) is 16.3. The summed E-state index contributed by atoms with van der Waals surface area (Å²) in [5, 5.41) is 5.69. The molecule has 0 aliphatic rings. The van der Waals surface area contributed by atoms with E-state index in [2.05, 4.69) is 20.0 Å². The Labute approximate surface area is 172 Å². The van der Waals surface area contributed by atoms with E-state index in [1.54, 1.807) is 51.2 Å². The van der Waals surface area contributed by atoms with E-state index in [9.17, 15) is 14.0 Å². The summed E-state index contributed by atoms with van der Waals surface area (Å²) in [4.78, 5) is 29.8. The summed E-state index contributed by atoms with van der Waals surface area (Å²) < 4.78 is 17.5.